The second-order valence-electron chi connectivity index (χ2n) is 9.54. The minimum Gasteiger partial charge on any atom is -0.388 e. The maximum atomic E-state index is 12.8. The summed E-state index contributed by atoms with van der Waals surface area (Å²) in [5, 5.41) is 14.5. The van der Waals surface area contributed by atoms with Crippen LogP contribution in [0.25, 0.3) is 0 Å². The standard InChI is InChI=1S/C24H34N2O4/c1-23(25-20(27)17-18-7-5-6-8-18)13-16-30-24(22(23)29)11-14-26(15-12-24)21(28)19-9-3-2-4-10-19/h2-4,9-10,18,22,29H,5-8,11-17H2,1H3,(H,25,27)/t22?,23-/m1/s1. The number of likely N-dealkylation sites (tertiary alicyclic amines) is 1. The van der Waals surface area contributed by atoms with Gasteiger partial charge in [-0.2, -0.15) is 0 Å². The highest BCUT2D eigenvalue weighted by molar-refractivity contribution is 5.94. The first-order valence-electron chi connectivity index (χ1n) is 11.4. The summed E-state index contributed by atoms with van der Waals surface area (Å²) in [5.41, 5.74) is -0.719. The summed E-state index contributed by atoms with van der Waals surface area (Å²) >= 11 is 0. The minimum absolute atomic E-state index is 0.0170. The van der Waals surface area contributed by atoms with Gasteiger partial charge in [-0.3, -0.25) is 9.59 Å². The largest absolute Gasteiger partial charge is 0.388 e. The van der Waals surface area contributed by atoms with E-state index in [9.17, 15) is 14.7 Å². The highest BCUT2D eigenvalue weighted by Crippen LogP contribution is 2.40. The van der Waals surface area contributed by atoms with Crippen molar-refractivity contribution in [2.45, 2.75) is 75.5 Å². The van der Waals surface area contributed by atoms with E-state index in [1.165, 1.54) is 12.8 Å². The Morgan fingerprint density at radius 2 is 1.80 bits per heavy atom. The van der Waals surface area contributed by atoms with Crippen LogP contribution in [0.4, 0.5) is 0 Å². The summed E-state index contributed by atoms with van der Waals surface area (Å²) in [6, 6.07) is 9.29. The monoisotopic (exact) mass is 414 g/mol. The molecule has 6 nitrogen and oxygen atoms in total. The molecule has 0 radical (unpaired) electrons. The molecule has 6 heteroatoms. The maximum Gasteiger partial charge on any atom is 0.253 e. The zero-order chi connectivity index (χ0) is 21.2. The number of carbonyl (C=O) groups is 2. The van der Waals surface area contributed by atoms with Crippen LogP contribution in [0.1, 0.15) is 68.6 Å². The van der Waals surface area contributed by atoms with E-state index >= 15 is 0 Å². The fraction of sp³-hybridized carbons (Fsp3) is 0.667. The van der Waals surface area contributed by atoms with Crippen molar-refractivity contribution >= 4 is 11.8 Å². The Bertz CT molecular complexity index is 754. The van der Waals surface area contributed by atoms with Gasteiger partial charge >= 0.3 is 0 Å². The average molecular weight is 415 g/mol. The van der Waals surface area contributed by atoms with Gasteiger partial charge in [-0.15, -0.1) is 0 Å². The summed E-state index contributed by atoms with van der Waals surface area (Å²) < 4.78 is 6.12. The van der Waals surface area contributed by atoms with Crippen LogP contribution in [0.5, 0.6) is 0 Å². The summed E-state index contributed by atoms with van der Waals surface area (Å²) in [4.78, 5) is 27.3. The third-order valence-corrected chi connectivity index (χ3v) is 7.40. The molecule has 2 atom stereocenters. The van der Waals surface area contributed by atoms with Crippen LogP contribution in [0.3, 0.4) is 0 Å². The highest BCUT2D eigenvalue weighted by Gasteiger charge is 2.54. The number of piperidine rings is 1. The molecule has 2 N–H and O–H groups in total. The molecule has 0 bridgehead atoms. The number of hydrogen-bond donors (Lipinski definition) is 2. The van der Waals surface area contributed by atoms with Crippen molar-refractivity contribution in [1.29, 1.82) is 0 Å². The van der Waals surface area contributed by atoms with Crippen LogP contribution in [0, 0.1) is 5.92 Å². The SMILES string of the molecule is C[C@@]1(NC(=O)CC2CCCC2)CCOC2(CCN(C(=O)c3ccccc3)CC2)C1O. The molecule has 1 saturated carbocycles. The van der Waals surface area contributed by atoms with E-state index in [2.05, 4.69) is 5.32 Å². The molecule has 4 rings (SSSR count). The summed E-state index contributed by atoms with van der Waals surface area (Å²) in [5.74, 6) is 0.535. The van der Waals surface area contributed by atoms with Crippen LogP contribution in [-0.2, 0) is 9.53 Å². The lowest BCUT2D eigenvalue weighted by atomic mass is 9.73. The van der Waals surface area contributed by atoms with E-state index in [1.807, 2.05) is 42.2 Å². The van der Waals surface area contributed by atoms with Crippen LogP contribution < -0.4 is 5.32 Å². The van der Waals surface area contributed by atoms with Gasteiger partial charge in [0.15, 0.2) is 0 Å². The molecule has 2 amide bonds. The number of carbonyl (C=O) groups excluding carboxylic acids is 2. The summed E-state index contributed by atoms with van der Waals surface area (Å²) in [7, 11) is 0. The predicted octanol–water partition coefficient (Wildman–Crippen LogP) is 2.90. The third-order valence-electron chi connectivity index (χ3n) is 7.40. The van der Waals surface area contributed by atoms with Gasteiger partial charge in [-0.25, -0.2) is 0 Å². The van der Waals surface area contributed by atoms with Crippen molar-refractivity contribution in [3.05, 3.63) is 35.9 Å². The lowest BCUT2D eigenvalue weighted by Gasteiger charge is -2.53. The molecular weight excluding hydrogens is 380 g/mol. The molecular formula is C24H34N2O4. The fourth-order valence-electron chi connectivity index (χ4n) is 5.51. The first-order chi connectivity index (χ1) is 14.4. The average Bonchev–Trinajstić information content (AvgIpc) is 3.25. The smallest absolute Gasteiger partial charge is 0.253 e. The van der Waals surface area contributed by atoms with Gasteiger partial charge in [0, 0.05) is 31.7 Å². The van der Waals surface area contributed by atoms with Gasteiger partial charge in [-0.1, -0.05) is 31.0 Å². The quantitative estimate of drug-likeness (QED) is 0.794. The summed E-state index contributed by atoms with van der Waals surface area (Å²) in [6.45, 7) is 3.52. The van der Waals surface area contributed by atoms with E-state index in [-0.39, 0.29) is 11.8 Å². The molecule has 1 aromatic carbocycles. The molecule has 3 fully saturated rings. The van der Waals surface area contributed by atoms with Gasteiger partial charge in [0.2, 0.25) is 5.91 Å². The second kappa shape index (κ2) is 8.67. The molecule has 1 aromatic rings. The Morgan fingerprint density at radius 3 is 2.47 bits per heavy atom. The van der Waals surface area contributed by atoms with Crippen LogP contribution >= 0.6 is 0 Å². The Balaban J connectivity index is 1.38. The molecule has 1 aliphatic carbocycles. The maximum absolute atomic E-state index is 12.8. The van der Waals surface area contributed by atoms with E-state index in [4.69, 9.17) is 4.74 Å². The minimum atomic E-state index is -0.791. The molecule has 2 heterocycles. The summed E-state index contributed by atoms with van der Waals surface area (Å²) in [6.07, 6.45) is 6.19. The first-order valence-corrected chi connectivity index (χ1v) is 11.4. The van der Waals surface area contributed by atoms with Crippen LogP contribution in [0.15, 0.2) is 30.3 Å². The number of amides is 2. The fourth-order valence-corrected chi connectivity index (χ4v) is 5.51. The number of aliphatic hydroxyl groups is 1. The van der Waals surface area contributed by atoms with Gasteiger partial charge < -0.3 is 20.1 Å². The number of hydrogen-bond acceptors (Lipinski definition) is 4. The van der Waals surface area contributed by atoms with E-state index in [1.54, 1.807) is 0 Å². The normalized spacial score (nSPS) is 29.1. The third kappa shape index (κ3) is 4.26. The molecule has 164 valence electrons. The highest BCUT2D eigenvalue weighted by atomic mass is 16.5. The molecule has 2 saturated heterocycles. The molecule has 1 unspecified atom stereocenters. The number of benzene rings is 1. The lowest BCUT2D eigenvalue weighted by Crippen LogP contribution is -2.69. The van der Waals surface area contributed by atoms with Gasteiger partial charge in [0.1, 0.15) is 6.10 Å². The topological polar surface area (TPSA) is 78.9 Å². The van der Waals surface area contributed by atoms with Crippen molar-refractivity contribution in [1.82, 2.24) is 10.2 Å². The van der Waals surface area contributed by atoms with Crippen LogP contribution in [0.2, 0.25) is 0 Å². The van der Waals surface area contributed by atoms with E-state index < -0.39 is 17.2 Å². The number of aliphatic hydroxyl groups excluding tert-OH is 1. The molecule has 2 aliphatic heterocycles. The Kier molecular flexibility index (Phi) is 6.16. The molecule has 1 spiro atoms. The first kappa shape index (κ1) is 21.3. The Labute approximate surface area is 179 Å². The number of nitrogens with one attached hydrogen (secondary N) is 1. The molecule has 3 aliphatic rings. The molecule has 30 heavy (non-hydrogen) atoms. The van der Waals surface area contributed by atoms with Crippen molar-refractivity contribution in [2.75, 3.05) is 19.7 Å². The predicted molar refractivity (Wildman–Crippen MR) is 114 cm³/mol. The second-order valence-corrected chi connectivity index (χ2v) is 9.54. The van der Waals surface area contributed by atoms with Gasteiger partial charge in [0.25, 0.3) is 5.91 Å². The van der Waals surface area contributed by atoms with Gasteiger partial charge in [-0.05, 0) is 57.1 Å². The number of ether oxygens (including phenoxy) is 1. The van der Waals surface area contributed by atoms with Crippen molar-refractivity contribution in [2.24, 2.45) is 5.92 Å². The molecule has 0 aromatic heterocycles. The van der Waals surface area contributed by atoms with E-state index in [0.717, 1.165) is 12.8 Å². The number of nitrogens with zero attached hydrogens (tertiary/aromatic N) is 1. The zero-order valence-corrected chi connectivity index (χ0v) is 17.9. The van der Waals surface area contributed by atoms with Crippen molar-refractivity contribution in [3.63, 3.8) is 0 Å². The van der Waals surface area contributed by atoms with Crippen molar-refractivity contribution in [3.8, 4) is 0 Å². The van der Waals surface area contributed by atoms with Crippen molar-refractivity contribution < 1.29 is 19.4 Å². The van der Waals surface area contributed by atoms with E-state index in [0.29, 0.717) is 56.9 Å². The lowest BCUT2D eigenvalue weighted by molar-refractivity contribution is -0.205. The number of rotatable bonds is 4. The Hall–Kier alpha value is -1.92. The van der Waals surface area contributed by atoms with Gasteiger partial charge in [0.05, 0.1) is 11.1 Å². The van der Waals surface area contributed by atoms with Crippen LogP contribution in [-0.4, -0.2) is 58.8 Å². The zero-order valence-electron chi connectivity index (χ0n) is 17.9. The Morgan fingerprint density at radius 1 is 1.13 bits per heavy atom.